The first-order valence-corrected chi connectivity index (χ1v) is 7.50. The van der Waals surface area contributed by atoms with Crippen molar-refractivity contribution in [3.05, 3.63) is 52.3 Å². The summed E-state index contributed by atoms with van der Waals surface area (Å²) in [5.41, 5.74) is 4.95. The van der Waals surface area contributed by atoms with Crippen LogP contribution in [0.2, 0.25) is 0 Å². The first-order chi connectivity index (χ1) is 9.47. The molecule has 0 aliphatic rings. The van der Waals surface area contributed by atoms with E-state index >= 15 is 0 Å². The van der Waals surface area contributed by atoms with Gasteiger partial charge in [-0.25, -0.2) is 9.97 Å². The van der Waals surface area contributed by atoms with Gasteiger partial charge in [0.05, 0.1) is 5.75 Å². The van der Waals surface area contributed by atoms with Crippen molar-refractivity contribution in [1.82, 2.24) is 9.97 Å². The van der Waals surface area contributed by atoms with E-state index < -0.39 is 0 Å². The molecule has 0 unspecified atom stereocenters. The van der Waals surface area contributed by atoms with Gasteiger partial charge in [-0.05, 0) is 33.3 Å². The second kappa shape index (κ2) is 6.18. The summed E-state index contributed by atoms with van der Waals surface area (Å²) in [6, 6.07) is 7.64. The minimum absolute atomic E-state index is 0.106. The minimum atomic E-state index is 0.106. The van der Waals surface area contributed by atoms with Crippen LogP contribution in [0, 0.1) is 27.7 Å². The summed E-state index contributed by atoms with van der Waals surface area (Å²) in [6.45, 7) is 7.96. The SMILES string of the molecule is Cc1ccc(C(=O)CSc2nc(C)c(C)c(C)n2)cc1. The van der Waals surface area contributed by atoms with Gasteiger partial charge in [0.25, 0.3) is 0 Å². The van der Waals surface area contributed by atoms with Gasteiger partial charge in [0, 0.05) is 17.0 Å². The van der Waals surface area contributed by atoms with E-state index in [1.54, 1.807) is 0 Å². The van der Waals surface area contributed by atoms with Gasteiger partial charge in [-0.15, -0.1) is 0 Å². The molecule has 4 heteroatoms. The summed E-state index contributed by atoms with van der Waals surface area (Å²) >= 11 is 1.39. The number of Topliss-reactive ketones (excluding diaryl/α,β-unsaturated/α-hetero) is 1. The van der Waals surface area contributed by atoms with Crippen LogP contribution in [0.15, 0.2) is 29.4 Å². The van der Waals surface area contributed by atoms with Gasteiger partial charge in [-0.3, -0.25) is 4.79 Å². The van der Waals surface area contributed by atoms with E-state index in [9.17, 15) is 4.79 Å². The maximum Gasteiger partial charge on any atom is 0.188 e. The third-order valence-corrected chi connectivity index (χ3v) is 4.17. The summed E-state index contributed by atoms with van der Waals surface area (Å²) in [4.78, 5) is 20.9. The number of carbonyl (C=O) groups excluding carboxylic acids is 1. The number of benzene rings is 1. The van der Waals surface area contributed by atoms with Gasteiger partial charge in [0.1, 0.15) is 0 Å². The zero-order valence-electron chi connectivity index (χ0n) is 12.2. The molecule has 0 aliphatic carbocycles. The van der Waals surface area contributed by atoms with Crippen molar-refractivity contribution in [2.75, 3.05) is 5.75 Å². The Kier molecular flexibility index (Phi) is 4.55. The number of nitrogens with zero attached hydrogens (tertiary/aromatic N) is 2. The lowest BCUT2D eigenvalue weighted by molar-refractivity contribution is 0.102. The number of thioether (sulfide) groups is 1. The largest absolute Gasteiger partial charge is 0.293 e. The normalized spacial score (nSPS) is 10.6. The number of carbonyl (C=O) groups is 1. The maximum atomic E-state index is 12.1. The summed E-state index contributed by atoms with van der Waals surface area (Å²) in [5, 5.41) is 0.672. The van der Waals surface area contributed by atoms with Crippen molar-refractivity contribution in [3.63, 3.8) is 0 Å². The monoisotopic (exact) mass is 286 g/mol. The topological polar surface area (TPSA) is 42.9 Å². The molecule has 0 N–H and O–H groups in total. The van der Waals surface area contributed by atoms with Crippen LogP contribution in [-0.2, 0) is 0 Å². The van der Waals surface area contributed by atoms with E-state index in [2.05, 4.69) is 9.97 Å². The molecule has 3 nitrogen and oxygen atoms in total. The number of aromatic nitrogens is 2. The van der Waals surface area contributed by atoms with Crippen LogP contribution in [0.1, 0.15) is 32.9 Å². The first kappa shape index (κ1) is 14.7. The van der Waals surface area contributed by atoms with E-state index in [0.717, 1.165) is 28.1 Å². The fourth-order valence-electron chi connectivity index (χ4n) is 1.76. The third kappa shape index (κ3) is 3.45. The molecule has 0 amide bonds. The highest BCUT2D eigenvalue weighted by molar-refractivity contribution is 7.99. The molecule has 0 spiro atoms. The predicted molar refractivity (Wildman–Crippen MR) is 82.5 cm³/mol. The van der Waals surface area contributed by atoms with Crippen molar-refractivity contribution in [2.24, 2.45) is 0 Å². The zero-order valence-corrected chi connectivity index (χ0v) is 13.0. The molecule has 0 aliphatic heterocycles. The molecule has 2 aromatic rings. The first-order valence-electron chi connectivity index (χ1n) is 6.52. The molecule has 0 saturated heterocycles. The number of ketones is 1. The van der Waals surface area contributed by atoms with Gasteiger partial charge in [0.15, 0.2) is 10.9 Å². The van der Waals surface area contributed by atoms with E-state index in [1.807, 2.05) is 52.0 Å². The van der Waals surface area contributed by atoms with Crippen LogP contribution in [0.3, 0.4) is 0 Å². The average Bonchev–Trinajstić information content (AvgIpc) is 2.42. The lowest BCUT2D eigenvalue weighted by Gasteiger charge is -2.06. The van der Waals surface area contributed by atoms with E-state index in [1.165, 1.54) is 11.8 Å². The van der Waals surface area contributed by atoms with Crippen LogP contribution in [-0.4, -0.2) is 21.5 Å². The average molecular weight is 286 g/mol. The van der Waals surface area contributed by atoms with E-state index in [4.69, 9.17) is 0 Å². The Labute approximate surface area is 123 Å². The molecular weight excluding hydrogens is 268 g/mol. The van der Waals surface area contributed by atoms with Crippen LogP contribution in [0.5, 0.6) is 0 Å². The Bertz CT molecular complexity index is 612. The molecule has 20 heavy (non-hydrogen) atoms. The Morgan fingerprint density at radius 3 is 2.10 bits per heavy atom. The number of hydrogen-bond donors (Lipinski definition) is 0. The maximum absolute atomic E-state index is 12.1. The molecule has 1 heterocycles. The highest BCUT2D eigenvalue weighted by Gasteiger charge is 2.10. The molecule has 104 valence electrons. The quantitative estimate of drug-likeness (QED) is 0.488. The second-order valence-electron chi connectivity index (χ2n) is 4.88. The highest BCUT2D eigenvalue weighted by atomic mass is 32.2. The molecule has 0 bridgehead atoms. The minimum Gasteiger partial charge on any atom is -0.293 e. The van der Waals surface area contributed by atoms with Gasteiger partial charge >= 0.3 is 0 Å². The Morgan fingerprint density at radius 2 is 1.55 bits per heavy atom. The third-order valence-electron chi connectivity index (χ3n) is 3.32. The number of aryl methyl sites for hydroxylation is 3. The molecule has 0 radical (unpaired) electrons. The van der Waals surface area contributed by atoms with Crippen molar-refractivity contribution in [1.29, 1.82) is 0 Å². The van der Waals surface area contributed by atoms with Crippen LogP contribution in [0.25, 0.3) is 0 Å². The van der Waals surface area contributed by atoms with Gasteiger partial charge in [-0.2, -0.15) is 0 Å². The standard InChI is InChI=1S/C16H18N2OS/c1-10-5-7-14(8-6-10)15(19)9-20-16-17-12(3)11(2)13(4)18-16/h5-8H,9H2,1-4H3. The second-order valence-corrected chi connectivity index (χ2v) is 5.82. The fraction of sp³-hybridized carbons (Fsp3) is 0.312. The summed E-state index contributed by atoms with van der Waals surface area (Å²) in [7, 11) is 0. The van der Waals surface area contributed by atoms with Gasteiger partial charge < -0.3 is 0 Å². The molecule has 1 aromatic heterocycles. The zero-order chi connectivity index (χ0) is 14.7. The predicted octanol–water partition coefficient (Wildman–Crippen LogP) is 3.69. The van der Waals surface area contributed by atoms with Crippen LogP contribution < -0.4 is 0 Å². The van der Waals surface area contributed by atoms with Crippen molar-refractivity contribution >= 4 is 17.5 Å². The molecular formula is C16H18N2OS. The Balaban J connectivity index is 2.05. The van der Waals surface area contributed by atoms with Gasteiger partial charge in [-0.1, -0.05) is 41.6 Å². The lowest BCUT2D eigenvalue weighted by atomic mass is 10.1. The molecule has 2 rings (SSSR count). The van der Waals surface area contributed by atoms with Crippen molar-refractivity contribution in [2.45, 2.75) is 32.9 Å². The molecule has 0 atom stereocenters. The molecule has 0 saturated carbocycles. The van der Waals surface area contributed by atoms with Crippen LogP contribution >= 0.6 is 11.8 Å². The number of rotatable bonds is 4. The number of hydrogen-bond acceptors (Lipinski definition) is 4. The summed E-state index contributed by atoms with van der Waals surface area (Å²) in [6.07, 6.45) is 0. The van der Waals surface area contributed by atoms with E-state index in [0.29, 0.717) is 10.9 Å². The molecule has 0 fully saturated rings. The Hall–Kier alpha value is -1.68. The summed E-state index contributed by atoms with van der Waals surface area (Å²) in [5.74, 6) is 0.472. The molecule has 1 aromatic carbocycles. The highest BCUT2D eigenvalue weighted by Crippen LogP contribution is 2.18. The lowest BCUT2D eigenvalue weighted by Crippen LogP contribution is -2.04. The Morgan fingerprint density at radius 1 is 1.00 bits per heavy atom. The van der Waals surface area contributed by atoms with E-state index in [-0.39, 0.29) is 5.78 Å². The fourth-order valence-corrected chi connectivity index (χ4v) is 2.59. The van der Waals surface area contributed by atoms with Crippen molar-refractivity contribution in [3.8, 4) is 0 Å². The smallest absolute Gasteiger partial charge is 0.188 e. The summed E-state index contributed by atoms with van der Waals surface area (Å²) < 4.78 is 0. The van der Waals surface area contributed by atoms with Crippen LogP contribution in [0.4, 0.5) is 0 Å². The van der Waals surface area contributed by atoms with Crippen molar-refractivity contribution < 1.29 is 4.79 Å². The van der Waals surface area contributed by atoms with Gasteiger partial charge in [0.2, 0.25) is 0 Å².